The Balaban J connectivity index is 2.84. The number of carboxylic acids is 1. The van der Waals surface area contributed by atoms with Crippen molar-refractivity contribution in [2.75, 3.05) is 33.4 Å². The molecule has 128 valence electrons. The molecule has 0 unspecified atom stereocenters. The van der Waals surface area contributed by atoms with E-state index in [1.807, 2.05) is 6.92 Å². The van der Waals surface area contributed by atoms with Gasteiger partial charge in [0.2, 0.25) is 0 Å². The Morgan fingerprint density at radius 3 is 2.65 bits per heavy atom. The molecular weight excluding hydrogens is 305 g/mol. The molecule has 6 nitrogen and oxygen atoms in total. The predicted molar refractivity (Wildman–Crippen MR) is 81.8 cm³/mol. The molecule has 0 aromatic heterocycles. The highest BCUT2D eigenvalue weighted by molar-refractivity contribution is 5.96. The number of halogens is 1. The summed E-state index contributed by atoms with van der Waals surface area (Å²) in [5, 5.41) is 8.89. The number of carboxylic acid groups (broad SMARTS) is 1. The van der Waals surface area contributed by atoms with Crippen LogP contribution in [-0.2, 0) is 20.9 Å². The zero-order valence-electron chi connectivity index (χ0n) is 13.4. The van der Waals surface area contributed by atoms with Gasteiger partial charge in [-0.25, -0.2) is 4.39 Å². The van der Waals surface area contributed by atoms with E-state index in [0.29, 0.717) is 26.2 Å². The number of carbonyl (C=O) groups is 2. The van der Waals surface area contributed by atoms with Crippen LogP contribution in [-0.4, -0.2) is 55.3 Å². The number of benzene rings is 1. The van der Waals surface area contributed by atoms with Crippen LogP contribution in [0.25, 0.3) is 0 Å². The van der Waals surface area contributed by atoms with Crippen molar-refractivity contribution in [1.82, 2.24) is 4.90 Å². The topological polar surface area (TPSA) is 76.1 Å². The number of methoxy groups -OCH3 is 1. The van der Waals surface area contributed by atoms with Crippen LogP contribution in [0.1, 0.15) is 29.3 Å². The van der Waals surface area contributed by atoms with Gasteiger partial charge < -0.3 is 19.5 Å². The second kappa shape index (κ2) is 9.91. The molecule has 1 aromatic rings. The number of hydrogen-bond acceptors (Lipinski definition) is 4. The summed E-state index contributed by atoms with van der Waals surface area (Å²) < 4.78 is 23.9. The molecule has 1 rings (SSSR count). The molecule has 0 bridgehead atoms. The van der Waals surface area contributed by atoms with Crippen LogP contribution in [0.2, 0.25) is 0 Å². The van der Waals surface area contributed by atoms with Gasteiger partial charge in [-0.3, -0.25) is 9.59 Å². The maximum absolute atomic E-state index is 13.8. The Hall–Kier alpha value is -1.99. The lowest BCUT2D eigenvalue weighted by molar-refractivity contribution is -0.137. The van der Waals surface area contributed by atoms with E-state index in [2.05, 4.69) is 0 Å². The third kappa shape index (κ3) is 6.33. The fourth-order valence-corrected chi connectivity index (χ4v) is 2.01. The fourth-order valence-electron chi connectivity index (χ4n) is 2.01. The molecule has 0 atom stereocenters. The molecule has 0 aliphatic heterocycles. The van der Waals surface area contributed by atoms with Crippen molar-refractivity contribution < 1.29 is 28.6 Å². The van der Waals surface area contributed by atoms with Crippen LogP contribution < -0.4 is 0 Å². The van der Waals surface area contributed by atoms with Crippen molar-refractivity contribution in [3.8, 4) is 0 Å². The van der Waals surface area contributed by atoms with Crippen molar-refractivity contribution in [2.45, 2.75) is 20.0 Å². The summed E-state index contributed by atoms with van der Waals surface area (Å²) in [4.78, 5) is 24.5. The van der Waals surface area contributed by atoms with Crippen LogP contribution >= 0.6 is 0 Å². The number of carbonyl (C=O) groups excluding carboxylic acids is 1. The summed E-state index contributed by atoms with van der Waals surface area (Å²) in [6, 6.07) is 3.93. The molecule has 0 saturated carbocycles. The van der Waals surface area contributed by atoms with Gasteiger partial charge in [0, 0.05) is 24.8 Å². The van der Waals surface area contributed by atoms with Crippen LogP contribution in [0, 0.1) is 5.82 Å². The lowest BCUT2D eigenvalue weighted by Gasteiger charge is -2.20. The minimum Gasteiger partial charge on any atom is -0.480 e. The van der Waals surface area contributed by atoms with Crippen LogP contribution in [0.4, 0.5) is 4.39 Å². The first-order valence-electron chi connectivity index (χ1n) is 7.35. The molecule has 23 heavy (non-hydrogen) atoms. The van der Waals surface area contributed by atoms with Gasteiger partial charge >= 0.3 is 5.97 Å². The van der Waals surface area contributed by atoms with Gasteiger partial charge in [-0.05, 0) is 24.6 Å². The Morgan fingerprint density at radius 1 is 1.30 bits per heavy atom. The molecule has 0 aliphatic rings. The van der Waals surface area contributed by atoms with E-state index in [1.165, 1.54) is 30.2 Å². The molecule has 0 radical (unpaired) electrons. The van der Waals surface area contributed by atoms with Gasteiger partial charge in [-0.15, -0.1) is 0 Å². The normalized spacial score (nSPS) is 10.6. The third-order valence-electron chi connectivity index (χ3n) is 3.09. The van der Waals surface area contributed by atoms with Gasteiger partial charge in [0.05, 0.1) is 19.8 Å². The van der Waals surface area contributed by atoms with Crippen molar-refractivity contribution in [3.63, 3.8) is 0 Å². The van der Waals surface area contributed by atoms with Crippen molar-refractivity contribution in [2.24, 2.45) is 0 Å². The zero-order valence-corrected chi connectivity index (χ0v) is 13.4. The van der Waals surface area contributed by atoms with Crippen molar-refractivity contribution >= 4 is 11.9 Å². The molecule has 1 amide bonds. The first kappa shape index (κ1) is 19.1. The highest BCUT2D eigenvalue weighted by Gasteiger charge is 2.19. The molecule has 0 fully saturated rings. The first-order chi connectivity index (χ1) is 11.0. The minimum absolute atomic E-state index is 0.0169. The molecule has 7 heteroatoms. The van der Waals surface area contributed by atoms with Gasteiger partial charge in [0.15, 0.2) is 0 Å². The van der Waals surface area contributed by atoms with Crippen molar-refractivity contribution in [3.05, 3.63) is 35.1 Å². The molecule has 0 aliphatic carbocycles. The lowest BCUT2D eigenvalue weighted by Crippen LogP contribution is -2.36. The summed E-state index contributed by atoms with van der Waals surface area (Å²) in [7, 11) is 1.54. The Labute approximate surface area is 134 Å². The molecule has 0 saturated heterocycles. The SMILES string of the molecule is CCCN(CC(=O)O)C(=O)c1ccc(F)c(COCCOC)c1. The minimum atomic E-state index is -1.09. The average Bonchev–Trinajstić information content (AvgIpc) is 2.51. The molecule has 0 heterocycles. The second-order valence-corrected chi connectivity index (χ2v) is 4.97. The Kier molecular flexibility index (Phi) is 8.21. The van der Waals surface area contributed by atoms with Crippen LogP contribution in [0.5, 0.6) is 0 Å². The highest BCUT2D eigenvalue weighted by Crippen LogP contribution is 2.14. The largest absolute Gasteiger partial charge is 0.480 e. The summed E-state index contributed by atoms with van der Waals surface area (Å²) >= 11 is 0. The van der Waals surface area contributed by atoms with Gasteiger partial charge in [-0.1, -0.05) is 6.92 Å². The van der Waals surface area contributed by atoms with Crippen LogP contribution in [0.3, 0.4) is 0 Å². The molecule has 1 N–H and O–H groups in total. The van der Waals surface area contributed by atoms with Crippen molar-refractivity contribution in [1.29, 1.82) is 0 Å². The second-order valence-electron chi connectivity index (χ2n) is 4.97. The molecule has 1 aromatic carbocycles. The Bertz CT molecular complexity index is 535. The van der Waals surface area contributed by atoms with E-state index in [4.69, 9.17) is 14.6 Å². The van der Waals surface area contributed by atoms with Gasteiger partial charge in [0.25, 0.3) is 5.91 Å². The van der Waals surface area contributed by atoms with Gasteiger partial charge in [-0.2, -0.15) is 0 Å². The predicted octanol–water partition coefficient (Wildman–Crippen LogP) is 1.93. The maximum Gasteiger partial charge on any atom is 0.323 e. The molecular formula is C16H22FNO5. The smallest absolute Gasteiger partial charge is 0.323 e. The number of rotatable bonds is 10. The summed E-state index contributed by atoms with van der Waals surface area (Å²) in [5.41, 5.74) is 0.491. The quantitative estimate of drug-likeness (QED) is 0.665. The lowest BCUT2D eigenvalue weighted by atomic mass is 10.1. The fraction of sp³-hybridized carbons (Fsp3) is 0.500. The van der Waals surface area contributed by atoms with E-state index in [-0.39, 0.29) is 24.3 Å². The summed E-state index contributed by atoms with van der Waals surface area (Å²) in [5.74, 6) is -2.00. The summed E-state index contributed by atoms with van der Waals surface area (Å²) in [6.45, 7) is 2.51. The third-order valence-corrected chi connectivity index (χ3v) is 3.09. The average molecular weight is 327 g/mol. The maximum atomic E-state index is 13.8. The monoisotopic (exact) mass is 327 g/mol. The van der Waals surface area contributed by atoms with E-state index >= 15 is 0 Å². The number of amides is 1. The number of hydrogen-bond donors (Lipinski definition) is 1. The number of nitrogens with zero attached hydrogens (tertiary/aromatic N) is 1. The summed E-state index contributed by atoms with van der Waals surface area (Å²) in [6.07, 6.45) is 0.632. The number of ether oxygens (including phenoxy) is 2. The standard InChI is InChI=1S/C16H22FNO5/c1-3-6-18(10-15(19)20)16(21)12-4-5-14(17)13(9-12)11-23-8-7-22-2/h4-5,9H,3,6-8,10-11H2,1-2H3,(H,19,20). The highest BCUT2D eigenvalue weighted by atomic mass is 19.1. The van der Waals surface area contributed by atoms with E-state index in [9.17, 15) is 14.0 Å². The first-order valence-corrected chi connectivity index (χ1v) is 7.35. The van der Waals surface area contributed by atoms with Gasteiger partial charge in [0.1, 0.15) is 12.4 Å². The van der Waals surface area contributed by atoms with Crippen LogP contribution in [0.15, 0.2) is 18.2 Å². The van der Waals surface area contributed by atoms with E-state index in [0.717, 1.165) is 0 Å². The van der Waals surface area contributed by atoms with E-state index in [1.54, 1.807) is 0 Å². The Morgan fingerprint density at radius 2 is 2.04 bits per heavy atom. The van der Waals surface area contributed by atoms with E-state index < -0.39 is 17.7 Å². The zero-order chi connectivity index (χ0) is 17.2. The molecule has 0 spiro atoms. The number of aliphatic carboxylic acids is 1.